The highest BCUT2D eigenvalue weighted by Gasteiger charge is 2.33. The molecule has 1 rings (SSSR count). The summed E-state index contributed by atoms with van der Waals surface area (Å²) in [6.45, 7) is 5.21. The van der Waals surface area contributed by atoms with Gasteiger partial charge >= 0.3 is 0 Å². The van der Waals surface area contributed by atoms with Gasteiger partial charge in [-0.2, -0.15) is 0 Å². The van der Waals surface area contributed by atoms with Gasteiger partial charge in [0.2, 0.25) is 5.54 Å². The summed E-state index contributed by atoms with van der Waals surface area (Å²) in [6.07, 6.45) is 6.13. The van der Waals surface area contributed by atoms with Crippen LogP contribution in [-0.4, -0.2) is 10.5 Å². The first-order valence-electron chi connectivity index (χ1n) is 5.55. The van der Waals surface area contributed by atoms with E-state index in [1.54, 1.807) is 13.0 Å². The summed E-state index contributed by atoms with van der Waals surface area (Å²) in [5.41, 5.74) is 0.101. The molecule has 0 N–H and O–H groups in total. The van der Waals surface area contributed by atoms with Crippen molar-refractivity contribution < 1.29 is 4.92 Å². The third-order valence-corrected chi connectivity index (χ3v) is 2.69. The Morgan fingerprint density at radius 2 is 2.00 bits per heavy atom. The van der Waals surface area contributed by atoms with Crippen molar-refractivity contribution in [2.75, 3.05) is 0 Å². The number of hydrogen-bond acceptors (Lipinski definition) is 2. The molecule has 1 aromatic rings. The highest BCUT2D eigenvalue weighted by atomic mass is 16.6. The minimum atomic E-state index is -0.951. The van der Waals surface area contributed by atoms with Crippen molar-refractivity contribution in [3.63, 3.8) is 0 Å². The summed E-state index contributed by atoms with van der Waals surface area (Å²) in [6, 6.07) is 9.75. The largest absolute Gasteiger partial charge is 0.264 e. The van der Waals surface area contributed by atoms with Gasteiger partial charge in [0.05, 0.1) is 0 Å². The maximum absolute atomic E-state index is 11.0. The van der Waals surface area contributed by atoms with E-state index in [1.165, 1.54) is 0 Å². The Labute approximate surface area is 102 Å². The van der Waals surface area contributed by atoms with E-state index in [1.807, 2.05) is 42.5 Å². The molecule has 0 aliphatic carbocycles. The van der Waals surface area contributed by atoms with Gasteiger partial charge in [0.25, 0.3) is 0 Å². The molecule has 0 spiro atoms. The standard InChI is InChI=1S/C14H17NO2/c1-3-11-14(2,15(16)17)12-7-10-13-8-5-4-6-9-13/h3-10H,1,11-12H2,2H3/b10-7+. The maximum atomic E-state index is 11.0. The highest BCUT2D eigenvalue weighted by Crippen LogP contribution is 2.20. The monoisotopic (exact) mass is 231 g/mol. The van der Waals surface area contributed by atoms with Crippen LogP contribution in [0.25, 0.3) is 6.08 Å². The summed E-state index contributed by atoms with van der Waals surface area (Å²) in [5, 5.41) is 11.0. The van der Waals surface area contributed by atoms with Crippen molar-refractivity contribution >= 4 is 6.08 Å². The average Bonchev–Trinajstić information content (AvgIpc) is 2.30. The molecule has 3 nitrogen and oxygen atoms in total. The third kappa shape index (κ3) is 3.87. The van der Waals surface area contributed by atoms with Crippen molar-refractivity contribution in [3.05, 3.63) is 64.7 Å². The molecule has 0 saturated heterocycles. The molecule has 0 heterocycles. The van der Waals surface area contributed by atoms with Crippen LogP contribution in [0.3, 0.4) is 0 Å². The fourth-order valence-electron chi connectivity index (χ4n) is 1.56. The molecule has 1 unspecified atom stereocenters. The number of hydrogen-bond donors (Lipinski definition) is 0. The molecular weight excluding hydrogens is 214 g/mol. The summed E-state index contributed by atoms with van der Waals surface area (Å²) < 4.78 is 0. The van der Waals surface area contributed by atoms with Crippen LogP contribution in [0.15, 0.2) is 49.1 Å². The zero-order chi connectivity index (χ0) is 12.7. The predicted molar refractivity (Wildman–Crippen MR) is 70.3 cm³/mol. The van der Waals surface area contributed by atoms with Crippen LogP contribution >= 0.6 is 0 Å². The molecule has 1 atom stereocenters. The number of nitro groups is 1. The quantitative estimate of drug-likeness (QED) is 0.425. The minimum absolute atomic E-state index is 0.232. The van der Waals surface area contributed by atoms with E-state index in [0.717, 1.165) is 5.56 Å². The van der Waals surface area contributed by atoms with Gasteiger partial charge in [0.1, 0.15) is 0 Å². The van der Waals surface area contributed by atoms with E-state index >= 15 is 0 Å². The van der Waals surface area contributed by atoms with Crippen molar-refractivity contribution in [2.45, 2.75) is 25.3 Å². The third-order valence-electron chi connectivity index (χ3n) is 2.69. The van der Waals surface area contributed by atoms with Crippen molar-refractivity contribution in [1.29, 1.82) is 0 Å². The Morgan fingerprint density at radius 1 is 1.35 bits per heavy atom. The highest BCUT2D eigenvalue weighted by molar-refractivity contribution is 5.48. The Bertz CT molecular complexity index is 411. The first kappa shape index (κ1) is 13.2. The zero-order valence-corrected chi connectivity index (χ0v) is 10.0. The summed E-state index contributed by atoms with van der Waals surface area (Å²) >= 11 is 0. The molecule has 0 saturated carbocycles. The van der Waals surface area contributed by atoms with Gasteiger partial charge in [-0.15, -0.1) is 6.58 Å². The zero-order valence-electron chi connectivity index (χ0n) is 10.0. The Morgan fingerprint density at radius 3 is 2.53 bits per heavy atom. The molecule has 0 aliphatic rings. The molecule has 1 aromatic carbocycles. The van der Waals surface area contributed by atoms with E-state index < -0.39 is 5.54 Å². The van der Waals surface area contributed by atoms with Crippen LogP contribution in [0, 0.1) is 10.1 Å². The van der Waals surface area contributed by atoms with Crippen LogP contribution in [0.1, 0.15) is 25.3 Å². The first-order valence-corrected chi connectivity index (χ1v) is 5.55. The number of nitrogens with zero attached hydrogens (tertiary/aromatic N) is 1. The summed E-state index contributed by atoms with van der Waals surface area (Å²) in [5.74, 6) is 0. The smallest absolute Gasteiger partial charge is 0.226 e. The Kier molecular flexibility index (Phi) is 4.64. The molecular formula is C14H17NO2. The molecule has 0 aromatic heterocycles. The fourth-order valence-corrected chi connectivity index (χ4v) is 1.56. The van der Waals surface area contributed by atoms with E-state index in [9.17, 15) is 10.1 Å². The average molecular weight is 231 g/mol. The Balaban J connectivity index is 2.67. The van der Waals surface area contributed by atoms with E-state index in [4.69, 9.17) is 0 Å². The SMILES string of the molecule is C=CCC(C)(C/C=C/c1ccccc1)[N+](=O)[O-]. The van der Waals surface area contributed by atoms with E-state index in [-0.39, 0.29) is 4.92 Å². The maximum Gasteiger partial charge on any atom is 0.226 e. The molecule has 0 amide bonds. The van der Waals surface area contributed by atoms with Gasteiger partial charge in [-0.1, -0.05) is 48.6 Å². The number of rotatable bonds is 6. The van der Waals surface area contributed by atoms with Gasteiger partial charge < -0.3 is 0 Å². The Hall–Kier alpha value is -1.90. The van der Waals surface area contributed by atoms with Crippen LogP contribution in [0.5, 0.6) is 0 Å². The second-order valence-corrected chi connectivity index (χ2v) is 4.26. The van der Waals surface area contributed by atoms with Crippen molar-refractivity contribution in [2.24, 2.45) is 0 Å². The lowest BCUT2D eigenvalue weighted by molar-refractivity contribution is -0.563. The predicted octanol–water partition coefficient (Wildman–Crippen LogP) is 3.70. The molecule has 0 bridgehead atoms. The summed E-state index contributed by atoms with van der Waals surface area (Å²) in [7, 11) is 0. The normalized spacial score (nSPS) is 14.4. The van der Waals surface area contributed by atoms with Crippen LogP contribution < -0.4 is 0 Å². The first-order chi connectivity index (χ1) is 8.08. The molecule has 3 heteroatoms. The lowest BCUT2D eigenvalue weighted by atomic mass is 9.94. The van der Waals surface area contributed by atoms with Gasteiger partial charge in [-0.3, -0.25) is 10.1 Å². The molecule has 0 fully saturated rings. The second kappa shape index (κ2) is 5.99. The molecule has 0 aliphatic heterocycles. The number of benzene rings is 1. The van der Waals surface area contributed by atoms with Crippen molar-refractivity contribution in [1.82, 2.24) is 0 Å². The fraction of sp³-hybridized carbons (Fsp3) is 0.286. The topological polar surface area (TPSA) is 43.1 Å². The lowest BCUT2D eigenvalue weighted by Crippen LogP contribution is -2.33. The minimum Gasteiger partial charge on any atom is -0.264 e. The molecule has 0 radical (unpaired) electrons. The van der Waals surface area contributed by atoms with Crippen molar-refractivity contribution in [3.8, 4) is 0 Å². The van der Waals surface area contributed by atoms with Gasteiger partial charge in [0.15, 0.2) is 0 Å². The molecule has 90 valence electrons. The van der Waals surface area contributed by atoms with Gasteiger partial charge in [0, 0.05) is 24.7 Å². The van der Waals surface area contributed by atoms with Crippen LogP contribution in [-0.2, 0) is 0 Å². The lowest BCUT2D eigenvalue weighted by Gasteiger charge is -2.16. The van der Waals surface area contributed by atoms with Gasteiger partial charge in [-0.05, 0) is 5.56 Å². The van der Waals surface area contributed by atoms with E-state index in [2.05, 4.69) is 6.58 Å². The van der Waals surface area contributed by atoms with Crippen LogP contribution in [0.4, 0.5) is 0 Å². The van der Waals surface area contributed by atoms with E-state index in [0.29, 0.717) is 12.8 Å². The van der Waals surface area contributed by atoms with Crippen LogP contribution in [0.2, 0.25) is 0 Å². The second-order valence-electron chi connectivity index (χ2n) is 4.26. The molecule has 17 heavy (non-hydrogen) atoms. The van der Waals surface area contributed by atoms with Gasteiger partial charge in [-0.25, -0.2) is 0 Å². The summed E-state index contributed by atoms with van der Waals surface area (Å²) in [4.78, 5) is 10.7.